The molecule has 9 nitrogen and oxygen atoms in total. The number of benzene rings is 2. The van der Waals surface area contributed by atoms with Crippen molar-refractivity contribution in [3.63, 3.8) is 0 Å². The van der Waals surface area contributed by atoms with Crippen molar-refractivity contribution < 1.29 is 33.3 Å². The van der Waals surface area contributed by atoms with E-state index in [4.69, 9.17) is 28.4 Å². The zero-order valence-corrected chi connectivity index (χ0v) is 16.5. The smallest absolute Gasteiger partial charge is 0.269 e. The van der Waals surface area contributed by atoms with Crippen LogP contribution in [-0.4, -0.2) is 46.6 Å². The molecule has 0 saturated heterocycles. The zero-order chi connectivity index (χ0) is 21.1. The quantitative estimate of drug-likeness (QED) is 0.228. The molecule has 0 aliphatic heterocycles. The van der Waals surface area contributed by atoms with E-state index in [0.717, 1.165) is 5.56 Å². The Kier molecular flexibility index (Phi) is 8.90. The average Bonchev–Trinajstić information content (AvgIpc) is 2.74. The molecule has 0 radical (unpaired) electrons. The highest BCUT2D eigenvalue weighted by molar-refractivity contribution is 5.76. The molecule has 0 spiro atoms. The first-order valence-corrected chi connectivity index (χ1v) is 8.55. The molecule has 0 N–H and O–H groups in total. The van der Waals surface area contributed by atoms with Crippen LogP contribution in [0, 0.1) is 10.1 Å². The summed E-state index contributed by atoms with van der Waals surface area (Å²) in [5.41, 5.74) is 1.50. The summed E-state index contributed by atoms with van der Waals surface area (Å²) in [6.45, 7) is 0.0166. The number of nitro groups is 1. The van der Waals surface area contributed by atoms with Gasteiger partial charge in [-0.15, -0.1) is 0 Å². The number of nitro benzene ring substituents is 1. The van der Waals surface area contributed by atoms with Crippen LogP contribution in [0.3, 0.4) is 0 Å². The SMILES string of the molecule is COCOc1ccc(/C=C/c2ccc([N+](=O)[O-])cc2)c(OCOC)c1OCOC. The van der Waals surface area contributed by atoms with E-state index in [1.54, 1.807) is 36.4 Å². The zero-order valence-electron chi connectivity index (χ0n) is 16.5. The molecule has 0 aliphatic rings. The fourth-order valence-electron chi connectivity index (χ4n) is 2.34. The lowest BCUT2D eigenvalue weighted by molar-refractivity contribution is -0.384. The van der Waals surface area contributed by atoms with Gasteiger partial charge in [-0.1, -0.05) is 12.2 Å². The number of hydrogen-bond acceptors (Lipinski definition) is 8. The van der Waals surface area contributed by atoms with E-state index in [-0.39, 0.29) is 26.1 Å². The van der Waals surface area contributed by atoms with Crippen molar-refractivity contribution in [1.29, 1.82) is 0 Å². The summed E-state index contributed by atoms with van der Waals surface area (Å²) >= 11 is 0. The van der Waals surface area contributed by atoms with Crippen molar-refractivity contribution in [2.45, 2.75) is 0 Å². The van der Waals surface area contributed by atoms with Crippen LogP contribution in [0.2, 0.25) is 0 Å². The molecule has 0 unspecified atom stereocenters. The Morgan fingerprint density at radius 2 is 1.38 bits per heavy atom. The third-order valence-electron chi connectivity index (χ3n) is 3.64. The van der Waals surface area contributed by atoms with Crippen molar-refractivity contribution in [2.24, 2.45) is 0 Å². The maximum absolute atomic E-state index is 10.8. The van der Waals surface area contributed by atoms with Crippen LogP contribution in [0.5, 0.6) is 17.2 Å². The first-order chi connectivity index (χ1) is 14.1. The summed E-state index contributed by atoms with van der Waals surface area (Å²) in [5.74, 6) is 1.16. The van der Waals surface area contributed by atoms with E-state index in [0.29, 0.717) is 22.8 Å². The van der Waals surface area contributed by atoms with Gasteiger partial charge in [-0.25, -0.2) is 0 Å². The number of non-ortho nitro benzene ring substituents is 1. The molecule has 2 rings (SSSR count). The van der Waals surface area contributed by atoms with Crippen molar-refractivity contribution >= 4 is 17.8 Å². The number of methoxy groups -OCH3 is 3. The second-order valence-corrected chi connectivity index (χ2v) is 5.65. The average molecular weight is 405 g/mol. The Bertz CT molecular complexity index is 820. The Hall–Kier alpha value is -3.14. The Morgan fingerprint density at radius 1 is 0.793 bits per heavy atom. The van der Waals surface area contributed by atoms with Crippen LogP contribution >= 0.6 is 0 Å². The molecule has 29 heavy (non-hydrogen) atoms. The molecule has 0 aromatic heterocycles. The highest BCUT2D eigenvalue weighted by Crippen LogP contribution is 2.41. The van der Waals surface area contributed by atoms with Crippen molar-refractivity contribution in [2.75, 3.05) is 41.7 Å². The Balaban J connectivity index is 2.38. The first-order valence-electron chi connectivity index (χ1n) is 8.55. The predicted molar refractivity (Wildman–Crippen MR) is 106 cm³/mol. The van der Waals surface area contributed by atoms with E-state index < -0.39 is 4.92 Å². The lowest BCUT2D eigenvalue weighted by Crippen LogP contribution is -2.08. The maximum Gasteiger partial charge on any atom is 0.269 e. The lowest BCUT2D eigenvalue weighted by Gasteiger charge is -2.18. The van der Waals surface area contributed by atoms with Crippen molar-refractivity contribution in [3.8, 4) is 17.2 Å². The van der Waals surface area contributed by atoms with E-state index in [1.165, 1.54) is 33.5 Å². The van der Waals surface area contributed by atoms with Crippen LogP contribution in [0.1, 0.15) is 11.1 Å². The summed E-state index contributed by atoms with van der Waals surface area (Å²) in [4.78, 5) is 10.3. The summed E-state index contributed by atoms with van der Waals surface area (Å²) in [7, 11) is 4.52. The molecule has 0 heterocycles. The number of nitrogens with zero attached hydrogens (tertiary/aromatic N) is 1. The van der Waals surface area contributed by atoms with E-state index in [2.05, 4.69) is 0 Å². The van der Waals surface area contributed by atoms with Gasteiger partial charge in [-0.05, 0) is 29.8 Å². The monoisotopic (exact) mass is 405 g/mol. The van der Waals surface area contributed by atoms with Crippen LogP contribution < -0.4 is 14.2 Å². The molecule has 0 amide bonds. The van der Waals surface area contributed by atoms with E-state index in [1.807, 2.05) is 0 Å². The number of rotatable bonds is 12. The normalized spacial score (nSPS) is 10.9. The third kappa shape index (κ3) is 6.46. The molecule has 0 aliphatic carbocycles. The van der Waals surface area contributed by atoms with E-state index >= 15 is 0 Å². The molecule has 2 aromatic carbocycles. The molecule has 156 valence electrons. The molecule has 0 atom stereocenters. The number of ether oxygens (including phenoxy) is 6. The summed E-state index contributed by atoms with van der Waals surface area (Å²) in [5, 5.41) is 10.8. The van der Waals surface area contributed by atoms with Gasteiger partial charge in [0.1, 0.15) is 0 Å². The topological polar surface area (TPSA) is 98.5 Å². The Morgan fingerprint density at radius 3 is 1.97 bits per heavy atom. The fraction of sp³-hybridized carbons (Fsp3) is 0.300. The van der Waals surface area contributed by atoms with E-state index in [9.17, 15) is 10.1 Å². The van der Waals surface area contributed by atoms with Gasteiger partial charge >= 0.3 is 0 Å². The second-order valence-electron chi connectivity index (χ2n) is 5.65. The highest BCUT2D eigenvalue weighted by atomic mass is 16.7. The van der Waals surface area contributed by atoms with Crippen LogP contribution in [0.15, 0.2) is 36.4 Å². The molecule has 0 bridgehead atoms. The van der Waals surface area contributed by atoms with Crippen LogP contribution in [-0.2, 0) is 14.2 Å². The van der Waals surface area contributed by atoms with Crippen LogP contribution in [0.4, 0.5) is 5.69 Å². The van der Waals surface area contributed by atoms with Gasteiger partial charge in [0.25, 0.3) is 5.69 Å². The maximum atomic E-state index is 10.8. The minimum absolute atomic E-state index is 0.00452. The molecule has 9 heteroatoms. The summed E-state index contributed by atoms with van der Waals surface area (Å²) in [6.07, 6.45) is 3.60. The van der Waals surface area contributed by atoms with Gasteiger partial charge in [-0.2, -0.15) is 0 Å². The highest BCUT2D eigenvalue weighted by Gasteiger charge is 2.17. The van der Waals surface area contributed by atoms with Gasteiger partial charge in [0.05, 0.1) is 4.92 Å². The lowest BCUT2D eigenvalue weighted by atomic mass is 10.1. The molecular formula is C20H23NO8. The molecule has 0 fully saturated rings. The largest absolute Gasteiger partial charge is 0.464 e. The van der Waals surface area contributed by atoms with Gasteiger partial charge in [0.2, 0.25) is 5.75 Å². The summed E-state index contributed by atoms with van der Waals surface area (Å²) in [6, 6.07) is 9.70. The fourth-order valence-corrected chi connectivity index (χ4v) is 2.34. The minimum atomic E-state index is -0.442. The molecule has 2 aromatic rings. The first kappa shape index (κ1) is 22.2. The molecule has 0 saturated carbocycles. The van der Waals surface area contributed by atoms with Crippen molar-refractivity contribution in [1.82, 2.24) is 0 Å². The van der Waals surface area contributed by atoms with Gasteiger partial charge in [-0.3, -0.25) is 10.1 Å². The predicted octanol–water partition coefficient (Wildman–Crippen LogP) is 3.71. The standard InChI is InChI=1S/C20H23NO8/c1-24-12-27-18-11-8-16(19(28-13-25-2)20(18)29-14-26-3)7-4-15-5-9-17(10-6-15)21(22)23/h4-11H,12-14H2,1-3H3/b7-4+. The second kappa shape index (κ2) is 11.6. The Labute approximate surface area is 168 Å². The van der Waals surface area contributed by atoms with Gasteiger partial charge in [0.15, 0.2) is 31.9 Å². The van der Waals surface area contributed by atoms with Gasteiger partial charge in [0, 0.05) is 39.0 Å². The molecular weight excluding hydrogens is 382 g/mol. The van der Waals surface area contributed by atoms with Crippen LogP contribution in [0.25, 0.3) is 12.2 Å². The van der Waals surface area contributed by atoms with Gasteiger partial charge < -0.3 is 28.4 Å². The third-order valence-corrected chi connectivity index (χ3v) is 3.64. The van der Waals surface area contributed by atoms with Crippen molar-refractivity contribution in [3.05, 3.63) is 57.6 Å². The number of hydrogen-bond donors (Lipinski definition) is 0. The summed E-state index contributed by atoms with van der Waals surface area (Å²) < 4.78 is 31.9. The minimum Gasteiger partial charge on any atom is -0.464 e.